The average molecular weight is 535 g/mol. The number of carbonyl (C=O) groups is 1. The molecule has 3 fully saturated rings. The number of thioether (sulfide) groups is 1. The zero-order chi connectivity index (χ0) is 24.4. The van der Waals surface area contributed by atoms with Gasteiger partial charge < -0.3 is 4.90 Å². The van der Waals surface area contributed by atoms with E-state index in [2.05, 4.69) is 20.3 Å². The monoisotopic (exact) mass is 534 g/mol. The van der Waals surface area contributed by atoms with Gasteiger partial charge in [-0.15, -0.1) is 11.8 Å². The highest BCUT2D eigenvalue weighted by Crippen LogP contribution is 2.39. The Morgan fingerprint density at radius 1 is 1.09 bits per heavy atom. The van der Waals surface area contributed by atoms with E-state index in [-0.39, 0.29) is 9.34 Å². The summed E-state index contributed by atoms with van der Waals surface area (Å²) in [6.07, 6.45) is 5.95. The average Bonchev–Trinajstić information content (AvgIpc) is 3.29. The fourth-order valence-electron chi connectivity index (χ4n) is 3.99. The Balaban J connectivity index is 1.32. The molecule has 3 aliphatic rings. The minimum atomic E-state index is -3.63. The number of hydrazone groups is 1. The first kappa shape index (κ1) is 24.7. The van der Waals surface area contributed by atoms with Crippen molar-refractivity contribution >= 4 is 49.9 Å². The van der Waals surface area contributed by atoms with Crippen LogP contribution in [0.1, 0.15) is 31.2 Å². The second-order valence-electron chi connectivity index (χ2n) is 9.10. The molecule has 0 spiro atoms. The number of nitrogens with one attached hydrogen (secondary N) is 1. The second kappa shape index (κ2) is 10.6. The van der Waals surface area contributed by atoms with Crippen LogP contribution in [0.2, 0.25) is 0 Å². The lowest BCUT2D eigenvalue weighted by atomic mass is 10.1. The molecule has 188 valence electrons. The van der Waals surface area contributed by atoms with Gasteiger partial charge in [0.05, 0.1) is 6.20 Å². The van der Waals surface area contributed by atoms with Crippen molar-refractivity contribution in [2.75, 3.05) is 51.6 Å². The predicted octanol–water partition coefficient (Wildman–Crippen LogP) is 2.77. The van der Waals surface area contributed by atoms with Crippen LogP contribution in [0.5, 0.6) is 0 Å². The van der Waals surface area contributed by atoms with Crippen molar-refractivity contribution in [3.05, 3.63) is 36.0 Å². The van der Waals surface area contributed by atoms with Crippen LogP contribution >= 0.6 is 23.1 Å². The highest BCUT2D eigenvalue weighted by molar-refractivity contribution is 8.00. The molecule has 5 rings (SSSR count). The van der Waals surface area contributed by atoms with E-state index in [0.29, 0.717) is 37.1 Å². The number of anilines is 1. The van der Waals surface area contributed by atoms with Crippen LogP contribution < -0.4 is 5.32 Å². The van der Waals surface area contributed by atoms with Crippen molar-refractivity contribution in [2.45, 2.75) is 40.0 Å². The lowest BCUT2D eigenvalue weighted by Gasteiger charge is -2.30. The fraction of sp³-hybridized carbons (Fsp3) is 0.522. The zero-order valence-corrected chi connectivity index (χ0v) is 22.2. The summed E-state index contributed by atoms with van der Waals surface area (Å²) in [5.74, 6) is -0.391. The molecular weight excluding hydrogens is 504 g/mol. The lowest BCUT2D eigenvalue weighted by Crippen LogP contribution is -2.46. The number of aromatic nitrogens is 1. The van der Waals surface area contributed by atoms with E-state index in [1.807, 2.05) is 48.1 Å². The molecule has 3 heterocycles. The molecule has 12 heteroatoms. The Morgan fingerprint density at radius 3 is 2.43 bits per heavy atom. The summed E-state index contributed by atoms with van der Waals surface area (Å²) < 4.78 is 27.7. The summed E-state index contributed by atoms with van der Waals surface area (Å²) in [7, 11) is -1.65. The number of likely N-dealkylation sites (N-methyl/N-ethyl adjacent to an activating group) is 1. The number of hydrogen-bond acceptors (Lipinski definition) is 9. The normalized spacial score (nSPS) is 20.4. The first-order valence-electron chi connectivity index (χ1n) is 11.9. The maximum atomic E-state index is 13.3. The molecule has 1 N–H and O–H groups in total. The Morgan fingerprint density at radius 2 is 1.77 bits per heavy atom. The molecule has 2 aromatic rings. The van der Waals surface area contributed by atoms with Crippen molar-refractivity contribution < 1.29 is 13.2 Å². The standard InChI is InChI=1S/C23H30N6O3S3/c1-27-12-14-29(15-13-27)35(31,32)20-16-24-23(34-20)25-22(30)21(26-28-10-2-3-11-28)17-4-6-18(7-5-17)33-19-8-9-19/h4-7,16,19H,2-3,8-15H2,1H3,(H,24,25,30)/b26-21+. The first-order chi connectivity index (χ1) is 16.9. The number of benzene rings is 1. The van der Waals surface area contributed by atoms with Gasteiger partial charge >= 0.3 is 0 Å². The molecule has 35 heavy (non-hydrogen) atoms. The van der Waals surface area contributed by atoms with Crippen LogP contribution in [0.25, 0.3) is 0 Å². The molecule has 1 aromatic heterocycles. The van der Waals surface area contributed by atoms with Gasteiger partial charge in [0.25, 0.3) is 15.9 Å². The molecule has 0 radical (unpaired) electrons. The third-order valence-electron chi connectivity index (χ3n) is 6.26. The summed E-state index contributed by atoms with van der Waals surface area (Å²) >= 11 is 2.84. The zero-order valence-electron chi connectivity index (χ0n) is 19.7. The van der Waals surface area contributed by atoms with Gasteiger partial charge in [-0.2, -0.15) is 9.41 Å². The van der Waals surface area contributed by atoms with Gasteiger partial charge in [-0.25, -0.2) is 13.4 Å². The minimum Gasteiger partial charge on any atom is -0.304 e. The molecule has 1 saturated carbocycles. The van der Waals surface area contributed by atoms with Crippen LogP contribution in [0, 0.1) is 0 Å². The maximum absolute atomic E-state index is 13.3. The van der Waals surface area contributed by atoms with Gasteiger partial charge in [-0.05, 0) is 44.9 Å². The van der Waals surface area contributed by atoms with Crippen LogP contribution in [0.4, 0.5) is 5.13 Å². The fourth-order valence-corrected chi connectivity index (χ4v) is 7.65. The Labute approximate surface area is 214 Å². The van der Waals surface area contributed by atoms with E-state index in [1.165, 1.54) is 28.2 Å². The van der Waals surface area contributed by atoms with Gasteiger partial charge in [-0.3, -0.25) is 15.1 Å². The van der Waals surface area contributed by atoms with Crippen LogP contribution in [-0.4, -0.2) is 90.8 Å². The largest absolute Gasteiger partial charge is 0.304 e. The number of carbonyl (C=O) groups excluding carboxylic acids is 1. The van der Waals surface area contributed by atoms with Gasteiger partial charge in [-0.1, -0.05) is 23.5 Å². The summed E-state index contributed by atoms with van der Waals surface area (Å²) in [4.78, 5) is 20.8. The highest BCUT2D eigenvalue weighted by Gasteiger charge is 2.30. The number of nitrogens with zero attached hydrogens (tertiary/aromatic N) is 5. The van der Waals surface area contributed by atoms with Crippen molar-refractivity contribution in [3.63, 3.8) is 0 Å². The molecule has 0 bridgehead atoms. The van der Waals surface area contributed by atoms with Gasteiger partial charge in [0.1, 0.15) is 0 Å². The number of amides is 1. The maximum Gasteiger partial charge on any atom is 0.278 e. The minimum absolute atomic E-state index is 0.136. The van der Waals surface area contributed by atoms with E-state index >= 15 is 0 Å². The van der Waals surface area contributed by atoms with Crippen LogP contribution in [-0.2, 0) is 14.8 Å². The third-order valence-corrected chi connectivity index (χ3v) is 10.9. The second-order valence-corrected chi connectivity index (χ2v) is 13.7. The summed E-state index contributed by atoms with van der Waals surface area (Å²) in [6.45, 7) is 3.90. The van der Waals surface area contributed by atoms with Crippen LogP contribution in [0.15, 0.2) is 44.7 Å². The topological polar surface area (TPSA) is 98.2 Å². The van der Waals surface area contributed by atoms with Crippen molar-refractivity contribution in [2.24, 2.45) is 5.10 Å². The van der Waals surface area contributed by atoms with E-state index in [9.17, 15) is 13.2 Å². The van der Waals surface area contributed by atoms with E-state index in [4.69, 9.17) is 0 Å². The number of piperazine rings is 1. The molecule has 2 saturated heterocycles. The molecule has 0 unspecified atom stereocenters. The van der Waals surface area contributed by atoms with E-state index < -0.39 is 15.9 Å². The molecule has 1 aliphatic carbocycles. The predicted molar refractivity (Wildman–Crippen MR) is 140 cm³/mol. The number of hydrogen-bond donors (Lipinski definition) is 1. The molecule has 1 amide bonds. The Bertz CT molecular complexity index is 1180. The number of thiazole rings is 1. The number of sulfonamides is 1. The van der Waals surface area contributed by atoms with Gasteiger partial charge in [0.15, 0.2) is 15.1 Å². The Hall–Kier alpha value is -1.99. The molecule has 1 aromatic carbocycles. The lowest BCUT2D eigenvalue weighted by molar-refractivity contribution is -0.110. The summed E-state index contributed by atoms with van der Waals surface area (Å²) in [5.41, 5.74) is 1.05. The first-order valence-corrected chi connectivity index (χ1v) is 15.1. The highest BCUT2D eigenvalue weighted by atomic mass is 32.2. The molecule has 2 aliphatic heterocycles. The van der Waals surface area contributed by atoms with Crippen molar-refractivity contribution in [1.82, 2.24) is 19.2 Å². The quantitative estimate of drug-likeness (QED) is 0.520. The summed E-state index contributed by atoms with van der Waals surface area (Å²) in [6, 6.07) is 7.94. The number of rotatable bonds is 8. The third kappa shape index (κ3) is 6.05. The van der Waals surface area contributed by atoms with E-state index in [0.717, 1.165) is 42.8 Å². The van der Waals surface area contributed by atoms with Crippen LogP contribution in [0.3, 0.4) is 0 Å². The SMILES string of the molecule is CN1CCN(S(=O)(=O)c2cnc(NC(=O)/C(=N/N3CCCC3)c3ccc(SC4CC4)cc3)s2)CC1. The van der Waals surface area contributed by atoms with E-state index in [1.54, 1.807) is 0 Å². The van der Waals surface area contributed by atoms with Crippen molar-refractivity contribution in [3.8, 4) is 0 Å². The Kier molecular flexibility index (Phi) is 7.44. The van der Waals surface area contributed by atoms with Gasteiger partial charge in [0.2, 0.25) is 0 Å². The van der Waals surface area contributed by atoms with Gasteiger partial charge in [0, 0.05) is 55.0 Å². The molecule has 0 atom stereocenters. The smallest absolute Gasteiger partial charge is 0.278 e. The summed E-state index contributed by atoms with van der Waals surface area (Å²) in [5, 5.41) is 10.3. The van der Waals surface area contributed by atoms with Crippen molar-refractivity contribution in [1.29, 1.82) is 0 Å². The molecular formula is C23H30N6O3S3. The molecule has 9 nitrogen and oxygen atoms in total.